The summed E-state index contributed by atoms with van der Waals surface area (Å²) in [7, 11) is 0. The van der Waals surface area contributed by atoms with E-state index in [4.69, 9.17) is 4.74 Å². The monoisotopic (exact) mass is 677 g/mol. The van der Waals surface area contributed by atoms with E-state index in [9.17, 15) is 19.5 Å². The maximum atomic E-state index is 14.1. The Morgan fingerprint density at radius 2 is 1.57 bits per heavy atom. The first-order valence-corrected chi connectivity index (χ1v) is 19.4. The number of carbonyl (C=O) groups is 3. The van der Waals surface area contributed by atoms with Crippen LogP contribution in [-0.2, 0) is 20.7 Å². The van der Waals surface area contributed by atoms with Crippen molar-refractivity contribution in [3.05, 3.63) is 35.9 Å². The van der Waals surface area contributed by atoms with Crippen molar-refractivity contribution in [2.24, 2.45) is 11.8 Å². The van der Waals surface area contributed by atoms with Crippen LogP contribution in [0.2, 0.25) is 0 Å². The third-order valence-corrected chi connectivity index (χ3v) is 12.2. The van der Waals surface area contributed by atoms with Gasteiger partial charge in [-0.3, -0.25) is 9.59 Å². The molecule has 2 fully saturated rings. The topological polar surface area (TPSA) is 117 Å². The van der Waals surface area contributed by atoms with Crippen molar-refractivity contribution < 1.29 is 24.2 Å². The number of benzene rings is 1. The van der Waals surface area contributed by atoms with Crippen molar-refractivity contribution in [2.75, 3.05) is 11.5 Å². The van der Waals surface area contributed by atoms with E-state index in [2.05, 4.69) is 22.9 Å². The quantitative estimate of drug-likeness (QED) is 0.161. The van der Waals surface area contributed by atoms with Crippen LogP contribution in [-0.4, -0.2) is 68.4 Å². The lowest BCUT2D eigenvalue weighted by Gasteiger charge is -2.44. The fraction of sp³-hybridized carbons (Fsp3) is 0.750. The Morgan fingerprint density at radius 1 is 0.935 bits per heavy atom. The normalized spacial score (nSPS) is 19.8. The molecule has 1 aromatic rings. The van der Waals surface area contributed by atoms with Crippen LogP contribution in [0.3, 0.4) is 0 Å². The first kappa shape index (κ1) is 38.5. The van der Waals surface area contributed by atoms with Crippen LogP contribution in [0.25, 0.3) is 0 Å². The molecule has 1 saturated heterocycles. The van der Waals surface area contributed by atoms with Crippen LogP contribution in [0.4, 0.5) is 4.79 Å². The molecule has 3 amide bonds. The van der Waals surface area contributed by atoms with Gasteiger partial charge in [-0.2, -0.15) is 0 Å². The molecule has 0 radical (unpaired) electrons. The van der Waals surface area contributed by atoms with E-state index in [1.165, 1.54) is 19.3 Å². The summed E-state index contributed by atoms with van der Waals surface area (Å²) in [6, 6.07) is 7.31. The van der Waals surface area contributed by atoms with E-state index < -0.39 is 41.8 Å². The van der Waals surface area contributed by atoms with Crippen LogP contribution in [0, 0.1) is 11.8 Å². The molecule has 8 nitrogen and oxygen atoms in total. The lowest BCUT2D eigenvalue weighted by molar-refractivity contribution is -0.131. The van der Waals surface area contributed by atoms with Crippen molar-refractivity contribution in [3.63, 3.8) is 0 Å². The zero-order chi connectivity index (χ0) is 33.7. The summed E-state index contributed by atoms with van der Waals surface area (Å²) >= 11 is 3.69. The van der Waals surface area contributed by atoms with Gasteiger partial charge in [-0.15, -0.1) is 23.5 Å². The average molecular weight is 678 g/mol. The minimum Gasteiger partial charge on any atom is -0.444 e. The molecule has 0 unspecified atom stereocenters. The predicted octanol–water partition coefficient (Wildman–Crippen LogP) is 6.84. The largest absolute Gasteiger partial charge is 0.444 e. The summed E-state index contributed by atoms with van der Waals surface area (Å²) in [6.45, 7) is 11.5. The zero-order valence-electron chi connectivity index (χ0n) is 28.9. The van der Waals surface area contributed by atoms with E-state index in [1.807, 2.05) is 67.7 Å². The van der Waals surface area contributed by atoms with Crippen LogP contribution in [0.5, 0.6) is 0 Å². The van der Waals surface area contributed by atoms with Gasteiger partial charge in [-0.05, 0) is 75.4 Å². The molecule has 10 heteroatoms. The molecule has 0 bridgehead atoms. The number of carbonyl (C=O) groups excluding carboxylic acids is 3. The lowest BCUT2D eigenvalue weighted by Crippen LogP contribution is -2.59. The Labute approximate surface area is 286 Å². The van der Waals surface area contributed by atoms with Gasteiger partial charge in [0.1, 0.15) is 17.7 Å². The van der Waals surface area contributed by atoms with Crippen molar-refractivity contribution in [1.82, 2.24) is 16.0 Å². The summed E-state index contributed by atoms with van der Waals surface area (Å²) in [5.74, 6) is 1.87. The summed E-state index contributed by atoms with van der Waals surface area (Å²) in [5.41, 5.74) is 0.152. The average Bonchev–Trinajstić information content (AvgIpc) is 3.00. The van der Waals surface area contributed by atoms with Crippen molar-refractivity contribution in [3.8, 4) is 0 Å². The van der Waals surface area contributed by atoms with Gasteiger partial charge in [0.2, 0.25) is 11.8 Å². The number of aliphatic hydroxyl groups excluding tert-OH is 1. The maximum Gasteiger partial charge on any atom is 0.408 e. The highest BCUT2D eigenvalue weighted by Crippen LogP contribution is 2.49. The Hall–Kier alpha value is -1.91. The fourth-order valence-electron chi connectivity index (χ4n) is 6.52. The minimum atomic E-state index is -0.939. The van der Waals surface area contributed by atoms with Gasteiger partial charge in [0.25, 0.3) is 0 Å². The molecule has 1 saturated carbocycles. The molecule has 1 heterocycles. The highest BCUT2D eigenvalue weighted by atomic mass is 32.2. The van der Waals surface area contributed by atoms with E-state index in [-0.39, 0.29) is 22.3 Å². The zero-order valence-corrected chi connectivity index (χ0v) is 30.6. The van der Waals surface area contributed by atoms with Gasteiger partial charge in [0.15, 0.2) is 0 Å². The summed E-state index contributed by atoms with van der Waals surface area (Å²) in [4.78, 5) is 40.8. The molecule has 0 aromatic heterocycles. The molecule has 4 N–H and O–H groups in total. The van der Waals surface area contributed by atoms with Crippen molar-refractivity contribution >= 4 is 41.4 Å². The number of thioether (sulfide) groups is 2. The van der Waals surface area contributed by atoms with Crippen LogP contribution < -0.4 is 16.0 Å². The van der Waals surface area contributed by atoms with Gasteiger partial charge in [-0.25, -0.2) is 4.79 Å². The van der Waals surface area contributed by atoms with Crippen LogP contribution in [0.15, 0.2) is 30.3 Å². The smallest absolute Gasteiger partial charge is 0.408 e. The summed E-state index contributed by atoms with van der Waals surface area (Å²) in [5, 5.41) is 21.1. The first-order valence-electron chi connectivity index (χ1n) is 17.4. The van der Waals surface area contributed by atoms with Gasteiger partial charge >= 0.3 is 6.09 Å². The van der Waals surface area contributed by atoms with Crippen molar-refractivity contribution in [2.45, 2.75) is 146 Å². The third kappa shape index (κ3) is 12.6. The lowest BCUT2D eigenvalue weighted by atomic mass is 9.83. The number of hydrogen-bond donors (Lipinski definition) is 4. The highest BCUT2D eigenvalue weighted by molar-refractivity contribution is 8.18. The SMILES string of the molecule is CCCC1([C@H](O)[C@H](CC2CCCCC2)NC(=O)[C@H](CC(C)C)NC(=O)[C@H](Cc2ccccc2)NC(=O)OC(C)(C)C)SCCCS1. The number of ether oxygens (including phenoxy) is 1. The van der Waals surface area contributed by atoms with E-state index in [0.29, 0.717) is 12.3 Å². The summed E-state index contributed by atoms with van der Waals surface area (Å²) in [6.07, 6.45) is 8.82. The van der Waals surface area contributed by atoms with Gasteiger partial charge in [-0.1, -0.05) is 89.6 Å². The second kappa shape index (κ2) is 18.6. The molecule has 4 atom stereocenters. The van der Waals surface area contributed by atoms with Crippen molar-refractivity contribution in [1.29, 1.82) is 0 Å². The summed E-state index contributed by atoms with van der Waals surface area (Å²) < 4.78 is 5.12. The Kier molecular flexibility index (Phi) is 15.6. The molecule has 1 aliphatic heterocycles. The molecule has 260 valence electrons. The van der Waals surface area contributed by atoms with Gasteiger partial charge in [0.05, 0.1) is 16.2 Å². The van der Waals surface area contributed by atoms with E-state index in [0.717, 1.165) is 55.6 Å². The first-order chi connectivity index (χ1) is 21.8. The fourth-order valence-corrected chi connectivity index (χ4v) is 10.2. The molecule has 1 aliphatic carbocycles. The van der Waals surface area contributed by atoms with Crippen LogP contribution >= 0.6 is 23.5 Å². The Bertz CT molecular complexity index is 1080. The molecular weight excluding hydrogens is 619 g/mol. The second-order valence-corrected chi connectivity index (χ2v) is 17.6. The third-order valence-electron chi connectivity index (χ3n) is 8.68. The second-order valence-electron chi connectivity index (χ2n) is 14.5. The Morgan fingerprint density at radius 3 is 2.15 bits per heavy atom. The molecular formula is C36H59N3O5S2. The molecule has 1 aromatic carbocycles. The number of aliphatic hydroxyl groups is 1. The molecule has 0 spiro atoms. The molecule has 3 rings (SSSR count). The number of rotatable bonds is 15. The minimum absolute atomic E-state index is 0.125. The predicted molar refractivity (Wildman–Crippen MR) is 191 cm³/mol. The Balaban J connectivity index is 1.83. The number of nitrogens with one attached hydrogen (secondary N) is 3. The van der Waals surface area contributed by atoms with E-state index >= 15 is 0 Å². The van der Waals surface area contributed by atoms with E-state index in [1.54, 1.807) is 20.8 Å². The number of alkyl carbamates (subject to hydrolysis) is 1. The number of amides is 3. The molecule has 2 aliphatic rings. The standard InChI is InChI=1S/C36H59N3O5S2/c1-7-19-36(45-20-14-21-46-36)31(40)28(23-26-15-10-8-11-16-26)37-32(41)29(22-25(2)3)38-33(42)30(24-27-17-12-9-13-18-27)39-34(43)44-35(4,5)6/h9,12-13,17-18,25-26,28-31,40H,7-8,10-11,14-16,19-24H2,1-6H3,(H,37,41)(H,38,42)(H,39,43)/t28-,29-,30-,31+/m0/s1. The van der Waals surface area contributed by atoms with Gasteiger partial charge < -0.3 is 25.8 Å². The van der Waals surface area contributed by atoms with Gasteiger partial charge in [0, 0.05) is 6.42 Å². The maximum absolute atomic E-state index is 14.1. The highest BCUT2D eigenvalue weighted by Gasteiger charge is 2.45. The molecule has 46 heavy (non-hydrogen) atoms. The number of hydrogen-bond acceptors (Lipinski definition) is 7. The van der Waals surface area contributed by atoms with Crippen LogP contribution in [0.1, 0.15) is 111 Å².